The quantitative estimate of drug-likeness (QED) is 0.455. The topological polar surface area (TPSA) is 102 Å². The van der Waals surface area contributed by atoms with Gasteiger partial charge in [0, 0.05) is 37.6 Å². The number of piperidine rings is 1. The van der Waals surface area contributed by atoms with Crippen molar-refractivity contribution in [1.82, 2.24) is 23.5 Å². The van der Waals surface area contributed by atoms with E-state index in [9.17, 15) is 17.6 Å². The van der Waals surface area contributed by atoms with Gasteiger partial charge >= 0.3 is 0 Å². The van der Waals surface area contributed by atoms with E-state index in [4.69, 9.17) is 0 Å². The van der Waals surface area contributed by atoms with E-state index in [0.717, 1.165) is 23.5 Å². The molecular formula is C23H23FN6O3S. The molecule has 9 nitrogen and oxygen atoms in total. The maximum Gasteiger partial charge on any atom is 0.243 e. The molecule has 1 fully saturated rings. The molecule has 0 spiro atoms. The molecule has 1 N–H and O–H groups in total. The van der Waals surface area contributed by atoms with Gasteiger partial charge in [0.15, 0.2) is 0 Å². The highest BCUT2D eigenvalue weighted by atomic mass is 32.2. The number of hydrogen-bond acceptors (Lipinski definition) is 5. The number of fused-ring (bicyclic) bond motifs is 1. The van der Waals surface area contributed by atoms with Crippen LogP contribution in [0.1, 0.15) is 18.5 Å². The average molecular weight is 483 g/mol. The van der Waals surface area contributed by atoms with Gasteiger partial charge in [0.2, 0.25) is 15.9 Å². The van der Waals surface area contributed by atoms with Gasteiger partial charge in [-0.25, -0.2) is 17.8 Å². The lowest BCUT2D eigenvalue weighted by Crippen LogP contribution is -2.41. The van der Waals surface area contributed by atoms with Crippen LogP contribution in [0.3, 0.4) is 0 Å². The van der Waals surface area contributed by atoms with Gasteiger partial charge in [-0.15, -0.1) is 0 Å². The van der Waals surface area contributed by atoms with E-state index in [2.05, 4.69) is 15.4 Å². The molecule has 34 heavy (non-hydrogen) atoms. The number of carbonyl (C=O) groups excluding carboxylic acids is 1. The zero-order chi connectivity index (χ0) is 23.7. The Morgan fingerprint density at radius 2 is 1.85 bits per heavy atom. The summed E-state index contributed by atoms with van der Waals surface area (Å²) >= 11 is 0. The van der Waals surface area contributed by atoms with Gasteiger partial charge in [-0.2, -0.15) is 9.40 Å². The third-order valence-corrected chi connectivity index (χ3v) is 7.83. The molecule has 11 heteroatoms. The monoisotopic (exact) mass is 482 g/mol. The third kappa shape index (κ3) is 4.57. The third-order valence-electron chi connectivity index (χ3n) is 5.91. The second kappa shape index (κ2) is 8.99. The zero-order valence-electron chi connectivity index (χ0n) is 18.2. The van der Waals surface area contributed by atoms with E-state index in [1.54, 1.807) is 17.1 Å². The molecule has 1 aliphatic rings. The highest BCUT2D eigenvalue weighted by Gasteiger charge is 2.32. The maximum atomic E-state index is 13.1. The van der Waals surface area contributed by atoms with Crippen LogP contribution >= 0.6 is 0 Å². The lowest BCUT2D eigenvalue weighted by Gasteiger charge is -2.30. The number of pyridine rings is 1. The van der Waals surface area contributed by atoms with Crippen LogP contribution < -0.4 is 5.32 Å². The van der Waals surface area contributed by atoms with E-state index in [1.807, 2.05) is 35.0 Å². The van der Waals surface area contributed by atoms with Crippen molar-refractivity contribution in [2.75, 3.05) is 18.4 Å². The fourth-order valence-corrected chi connectivity index (χ4v) is 5.57. The van der Waals surface area contributed by atoms with E-state index >= 15 is 0 Å². The van der Waals surface area contributed by atoms with Crippen LogP contribution in [0.4, 0.5) is 10.1 Å². The predicted octanol–water partition coefficient (Wildman–Crippen LogP) is 2.76. The van der Waals surface area contributed by atoms with Crippen molar-refractivity contribution in [3.8, 4) is 0 Å². The first kappa shape index (κ1) is 22.2. The Labute approximate surface area is 195 Å². The maximum absolute atomic E-state index is 13.1. The predicted molar refractivity (Wildman–Crippen MR) is 123 cm³/mol. The highest BCUT2D eigenvalue weighted by molar-refractivity contribution is 7.89. The minimum atomic E-state index is -3.71. The summed E-state index contributed by atoms with van der Waals surface area (Å²) in [5.74, 6) is -0.955. The molecule has 5 rings (SSSR count). The lowest BCUT2D eigenvalue weighted by molar-refractivity contribution is -0.120. The molecule has 1 saturated heterocycles. The Balaban J connectivity index is 1.17. The van der Waals surface area contributed by atoms with Gasteiger partial charge in [0.25, 0.3) is 0 Å². The van der Waals surface area contributed by atoms with E-state index in [1.165, 1.54) is 16.4 Å². The number of imidazole rings is 1. The van der Waals surface area contributed by atoms with Gasteiger partial charge in [0.1, 0.15) is 11.5 Å². The molecule has 4 heterocycles. The number of benzene rings is 1. The van der Waals surface area contributed by atoms with Gasteiger partial charge in [-0.05, 0) is 49.2 Å². The van der Waals surface area contributed by atoms with Gasteiger partial charge in [0.05, 0.1) is 29.0 Å². The standard InChI is InChI=1S/C23H23FN6O3S/c24-18-4-6-21(7-5-18)34(32,33)30-11-8-17(9-12-30)23(31)27-19-13-25-29(15-19)16-20-14-28-10-2-1-3-22(28)26-20/h1-7,10,13-15,17H,8-9,11-12,16H2,(H,27,31). The summed E-state index contributed by atoms with van der Waals surface area (Å²) < 4.78 is 43.6. The van der Waals surface area contributed by atoms with Crippen molar-refractivity contribution in [2.45, 2.75) is 24.3 Å². The molecule has 3 aromatic heterocycles. The molecule has 0 atom stereocenters. The van der Waals surface area contributed by atoms with Crippen molar-refractivity contribution < 1.29 is 17.6 Å². The summed E-state index contributed by atoms with van der Waals surface area (Å²) in [5.41, 5.74) is 2.28. The average Bonchev–Trinajstić information content (AvgIpc) is 3.45. The van der Waals surface area contributed by atoms with Crippen LogP contribution in [-0.2, 0) is 21.4 Å². The van der Waals surface area contributed by atoms with Crippen LogP contribution in [0.25, 0.3) is 5.65 Å². The molecule has 0 aliphatic carbocycles. The van der Waals surface area contributed by atoms with Crippen LogP contribution in [0, 0.1) is 11.7 Å². The van der Waals surface area contributed by atoms with E-state index in [-0.39, 0.29) is 29.8 Å². The van der Waals surface area contributed by atoms with Crippen LogP contribution in [0.15, 0.2) is 72.1 Å². The summed E-state index contributed by atoms with van der Waals surface area (Å²) in [4.78, 5) is 17.3. The Kier molecular flexibility index (Phi) is 5.88. The molecule has 0 radical (unpaired) electrons. The molecule has 176 valence electrons. The summed E-state index contributed by atoms with van der Waals surface area (Å²) in [7, 11) is -3.71. The lowest BCUT2D eigenvalue weighted by atomic mass is 9.97. The summed E-state index contributed by atoms with van der Waals surface area (Å²) in [6, 6.07) is 10.6. The second-order valence-electron chi connectivity index (χ2n) is 8.25. The van der Waals surface area contributed by atoms with Crippen LogP contribution in [0.2, 0.25) is 0 Å². The van der Waals surface area contributed by atoms with Gasteiger partial charge in [-0.1, -0.05) is 6.07 Å². The first-order valence-corrected chi connectivity index (χ1v) is 12.3. The van der Waals surface area contributed by atoms with Crippen molar-refractivity contribution in [2.24, 2.45) is 5.92 Å². The Morgan fingerprint density at radius 1 is 1.09 bits per heavy atom. The molecular weight excluding hydrogens is 459 g/mol. The minimum Gasteiger partial charge on any atom is -0.323 e. The molecule has 0 saturated carbocycles. The smallest absolute Gasteiger partial charge is 0.243 e. The number of rotatable bonds is 6. The Morgan fingerprint density at radius 3 is 2.59 bits per heavy atom. The summed E-state index contributed by atoms with van der Waals surface area (Å²) in [5, 5.41) is 7.18. The first-order valence-electron chi connectivity index (χ1n) is 10.9. The van der Waals surface area contributed by atoms with Crippen molar-refractivity contribution >= 4 is 27.3 Å². The van der Waals surface area contributed by atoms with Crippen LogP contribution in [-0.4, -0.2) is 50.9 Å². The van der Waals surface area contributed by atoms with Gasteiger partial charge in [-0.3, -0.25) is 9.48 Å². The van der Waals surface area contributed by atoms with Crippen molar-refractivity contribution in [3.05, 3.63) is 78.8 Å². The largest absolute Gasteiger partial charge is 0.323 e. The number of nitrogens with zero attached hydrogens (tertiary/aromatic N) is 5. The second-order valence-corrected chi connectivity index (χ2v) is 10.2. The van der Waals surface area contributed by atoms with E-state index in [0.29, 0.717) is 25.1 Å². The molecule has 0 unspecified atom stereocenters. The number of amides is 1. The molecule has 1 amide bonds. The van der Waals surface area contributed by atoms with E-state index < -0.39 is 15.8 Å². The number of hydrogen-bond donors (Lipinski definition) is 1. The number of nitrogens with one attached hydrogen (secondary N) is 1. The molecule has 1 aromatic carbocycles. The highest BCUT2D eigenvalue weighted by Crippen LogP contribution is 2.25. The molecule has 0 bridgehead atoms. The summed E-state index contributed by atoms with van der Waals surface area (Å²) in [6.07, 6.45) is 8.00. The fraction of sp³-hybridized carbons (Fsp3) is 0.261. The minimum absolute atomic E-state index is 0.0508. The number of anilines is 1. The number of sulfonamides is 1. The van der Waals surface area contributed by atoms with Crippen molar-refractivity contribution in [1.29, 1.82) is 0 Å². The van der Waals surface area contributed by atoms with Crippen LogP contribution in [0.5, 0.6) is 0 Å². The number of carbonyl (C=O) groups is 1. The number of aromatic nitrogens is 4. The molecule has 4 aromatic rings. The van der Waals surface area contributed by atoms with Gasteiger partial charge < -0.3 is 9.72 Å². The fourth-order valence-electron chi connectivity index (χ4n) is 4.10. The SMILES string of the molecule is O=C(Nc1cnn(Cc2cn3ccccc3n2)c1)C1CCN(S(=O)(=O)c2ccc(F)cc2)CC1. The summed E-state index contributed by atoms with van der Waals surface area (Å²) in [6.45, 7) is 0.924. The Hall–Kier alpha value is -3.57. The normalized spacial score (nSPS) is 15.6. The zero-order valence-corrected chi connectivity index (χ0v) is 19.0. The number of halogens is 1. The van der Waals surface area contributed by atoms with Crippen molar-refractivity contribution in [3.63, 3.8) is 0 Å². The first-order chi connectivity index (χ1) is 16.4. The molecule has 1 aliphatic heterocycles. The Bertz CT molecular complexity index is 1390.